The summed E-state index contributed by atoms with van der Waals surface area (Å²) in [6, 6.07) is 1.44. The van der Waals surface area contributed by atoms with Gasteiger partial charge >= 0.3 is 0 Å². The third-order valence-electron chi connectivity index (χ3n) is 4.57. The van der Waals surface area contributed by atoms with E-state index in [0.29, 0.717) is 0 Å². The highest BCUT2D eigenvalue weighted by atomic mass is 15.1. The summed E-state index contributed by atoms with van der Waals surface area (Å²) in [6.45, 7) is 9.33. The van der Waals surface area contributed by atoms with E-state index >= 15 is 0 Å². The number of likely N-dealkylation sites (N-methyl/N-ethyl adjacent to an activating group) is 1. The lowest BCUT2D eigenvalue weighted by molar-refractivity contribution is 0.191. The van der Waals surface area contributed by atoms with Gasteiger partial charge in [0.15, 0.2) is 0 Å². The summed E-state index contributed by atoms with van der Waals surface area (Å²) >= 11 is 0. The van der Waals surface area contributed by atoms with Gasteiger partial charge in [-0.3, -0.25) is 0 Å². The molecule has 0 heterocycles. The van der Waals surface area contributed by atoms with Crippen LogP contribution >= 0.6 is 0 Å². The van der Waals surface area contributed by atoms with Gasteiger partial charge in [-0.15, -0.1) is 0 Å². The van der Waals surface area contributed by atoms with Gasteiger partial charge in [-0.05, 0) is 52.1 Å². The van der Waals surface area contributed by atoms with E-state index in [1.165, 1.54) is 58.0 Å². The van der Waals surface area contributed by atoms with Crippen LogP contribution in [0.3, 0.4) is 0 Å². The molecule has 2 heteroatoms. The molecule has 0 aromatic rings. The highest BCUT2D eigenvalue weighted by molar-refractivity contribution is 4.83. The minimum atomic E-state index is 0.719. The zero-order chi connectivity index (χ0) is 13.4. The third kappa shape index (κ3) is 5.27. The summed E-state index contributed by atoms with van der Waals surface area (Å²) in [7, 11) is 2.30. The van der Waals surface area contributed by atoms with E-state index in [0.717, 1.165) is 18.0 Å². The number of rotatable bonds is 9. The molecule has 108 valence electrons. The van der Waals surface area contributed by atoms with E-state index in [1.54, 1.807) is 0 Å². The molecule has 0 aromatic heterocycles. The summed E-state index contributed by atoms with van der Waals surface area (Å²) in [5.41, 5.74) is 0. The molecule has 2 nitrogen and oxygen atoms in total. The summed E-state index contributed by atoms with van der Waals surface area (Å²) in [4.78, 5) is 2.56. The highest BCUT2D eigenvalue weighted by Crippen LogP contribution is 2.28. The first-order valence-electron chi connectivity index (χ1n) is 8.12. The smallest absolute Gasteiger partial charge is 0.0223 e. The van der Waals surface area contributed by atoms with Gasteiger partial charge in [0.25, 0.3) is 0 Å². The van der Waals surface area contributed by atoms with Gasteiger partial charge in [-0.25, -0.2) is 0 Å². The van der Waals surface area contributed by atoms with E-state index in [1.807, 2.05) is 0 Å². The SMILES string of the molecule is CCCNC(CN(C)C(C)CCC)C1CCCC1. The van der Waals surface area contributed by atoms with E-state index in [-0.39, 0.29) is 0 Å². The van der Waals surface area contributed by atoms with Crippen molar-refractivity contribution in [2.24, 2.45) is 5.92 Å². The van der Waals surface area contributed by atoms with E-state index < -0.39 is 0 Å². The van der Waals surface area contributed by atoms with Crippen molar-refractivity contribution >= 4 is 0 Å². The van der Waals surface area contributed by atoms with Crippen LogP contribution < -0.4 is 5.32 Å². The number of hydrogen-bond acceptors (Lipinski definition) is 2. The first-order chi connectivity index (χ1) is 8.69. The molecular formula is C16H34N2. The van der Waals surface area contributed by atoms with Crippen molar-refractivity contribution in [3.05, 3.63) is 0 Å². The summed E-state index contributed by atoms with van der Waals surface area (Å²) in [6.07, 6.45) is 9.64. The van der Waals surface area contributed by atoms with Crippen molar-refractivity contribution in [3.63, 3.8) is 0 Å². The topological polar surface area (TPSA) is 15.3 Å². The second-order valence-electron chi connectivity index (χ2n) is 6.18. The van der Waals surface area contributed by atoms with Gasteiger partial charge in [0.05, 0.1) is 0 Å². The maximum Gasteiger partial charge on any atom is 0.0223 e. The fraction of sp³-hybridized carbons (Fsp3) is 1.00. The zero-order valence-electron chi connectivity index (χ0n) is 13.0. The Bertz CT molecular complexity index is 199. The maximum atomic E-state index is 3.80. The van der Waals surface area contributed by atoms with Crippen molar-refractivity contribution < 1.29 is 0 Å². The summed E-state index contributed by atoms with van der Waals surface area (Å²) in [5.74, 6) is 0.924. The minimum absolute atomic E-state index is 0.719. The molecule has 1 aliphatic rings. The summed E-state index contributed by atoms with van der Waals surface area (Å²) < 4.78 is 0. The monoisotopic (exact) mass is 254 g/mol. The predicted octanol–water partition coefficient (Wildman–Crippen LogP) is 3.67. The number of nitrogens with zero attached hydrogens (tertiary/aromatic N) is 1. The van der Waals surface area contributed by atoms with E-state index in [2.05, 4.69) is 38.0 Å². The highest BCUT2D eigenvalue weighted by Gasteiger charge is 2.26. The molecule has 0 aliphatic heterocycles. The largest absolute Gasteiger partial charge is 0.312 e. The summed E-state index contributed by atoms with van der Waals surface area (Å²) in [5, 5.41) is 3.80. The van der Waals surface area contributed by atoms with Crippen molar-refractivity contribution in [2.75, 3.05) is 20.1 Å². The van der Waals surface area contributed by atoms with Crippen LogP contribution in [0.15, 0.2) is 0 Å². The molecule has 2 unspecified atom stereocenters. The maximum absolute atomic E-state index is 3.80. The Morgan fingerprint density at radius 2 is 1.83 bits per heavy atom. The molecule has 1 N–H and O–H groups in total. The molecule has 0 amide bonds. The molecular weight excluding hydrogens is 220 g/mol. The molecule has 18 heavy (non-hydrogen) atoms. The van der Waals surface area contributed by atoms with Crippen LogP contribution in [0.2, 0.25) is 0 Å². The minimum Gasteiger partial charge on any atom is -0.312 e. The Hall–Kier alpha value is -0.0800. The molecule has 1 rings (SSSR count). The average molecular weight is 254 g/mol. The Balaban J connectivity index is 2.43. The lowest BCUT2D eigenvalue weighted by Gasteiger charge is -2.32. The van der Waals surface area contributed by atoms with Gasteiger partial charge in [-0.2, -0.15) is 0 Å². The van der Waals surface area contributed by atoms with Gasteiger partial charge in [0.1, 0.15) is 0 Å². The van der Waals surface area contributed by atoms with Gasteiger partial charge in [0, 0.05) is 18.6 Å². The van der Waals surface area contributed by atoms with Crippen molar-refractivity contribution in [1.82, 2.24) is 10.2 Å². The van der Waals surface area contributed by atoms with Gasteiger partial charge < -0.3 is 10.2 Å². The second-order valence-corrected chi connectivity index (χ2v) is 6.18. The molecule has 2 atom stereocenters. The molecule has 0 bridgehead atoms. The molecule has 0 spiro atoms. The van der Waals surface area contributed by atoms with E-state index in [4.69, 9.17) is 0 Å². The van der Waals surface area contributed by atoms with Crippen molar-refractivity contribution in [3.8, 4) is 0 Å². The molecule has 0 aromatic carbocycles. The third-order valence-corrected chi connectivity index (χ3v) is 4.57. The number of hydrogen-bond donors (Lipinski definition) is 1. The standard InChI is InChI=1S/C16H34N2/c1-5-9-14(3)18(4)13-16(17-12-6-2)15-10-7-8-11-15/h14-17H,5-13H2,1-4H3. The quantitative estimate of drug-likeness (QED) is 0.675. The predicted molar refractivity (Wildman–Crippen MR) is 81.0 cm³/mol. The lowest BCUT2D eigenvalue weighted by atomic mass is 9.97. The van der Waals surface area contributed by atoms with Crippen molar-refractivity contribution in [1.29, 1.82) is 0 Å². The molecule has 0 radical (unpaired) electrons. The second kappa shape index (κ2) is 8.92. The lowest BCUT2D eigenvalue weighted by Crippen LogP contribution is -2.46. The number of nitrogens with one attached hydrogen (secondary N) is 1. The Morgan fingerprint density at radius 3 is 2.39 bits per heavy atom. The van der Waals surface area contributed by atoms with Crippen LogP contribution in [-0.2, 0) is 0 Å². The van der Waals surface area contributed by atoms with Gasteiger partial charge in [0.2, 0.25) is 0 Å². The molecule has 1 saturated carbocycles. The van der Waals surface area contributed by atoms with Crippen LogP contribution in [-0.4, -0.2) is 37.1 Å². The fourth-order valence-electron chi connectivity index (χ4n) is 3.20. The van der Waals surface area contributed by atoms with E-state index in [9.17, 15) is 0 Å². The van der Waals surface area contributed by atoms with Gasteiger partial charge in [-0.1, -0.05) is 33.1 Å². The Kier molecular flexibility index (Phi) is 7.92. The zero-order valence-corrected chi connectivity index (χ0v) is 13.0. The van der Waals surface area contributed by atoms with Crippen molar-refractivity contribution in [2.45, 2.75) is 77.8 Å². The first kappa shape index (κ1) is 16.0. The molecule has 0 saturated heterocycles. The molecule has 1 aliphatic carbocycles. The van der Waals surface area contributed by atoms with Crippen LogP contribution in [0.5, 0.6) is 0 Å². The molecule has 1 fully saturated rings. The normalized spacial score (nSPS) is 20.5. The van der Waals surface area contributed by atoms with Crippen LogP contribution in [0.4, 0.5) is 0 Å². The Labute approximate surface area is 115 Å². The van der Waals surface area contributed by atoms with Crippen LogP contribution in [0.1, 0.15) is 65.7 Å². The first-order valence-corrected chi connectivity index (χ1v) is 8.12. The average Bonchev–Trinajstić information content (AvgIpc) is 2.88. The fourth-order valence-corrected chi connectivity index (χ4v) is 3.20. The Morgan fingerprint density at radius 1 is 1.17 bits per heavy atom. The van der Waals surface area contributed by atoms with Crippen LogP contribution in [0, 0.1) is 5.92 Å². The van der Waals surface area contributed by atoms with Crippen LogP contribution in [0.25, 0.3) is 0 Å².